The van der Waals surface area contributed by atoms with Crippen molar-refractivity contribution in [3.63, 3.8) is 0 Å². The smallest absolute Gasteiger partial charge is 0.0639 e. The van der Waals surface area contributed by atoms with Crippen LogP contribution in [0.15, 0.2) is 11.6 Å². The van der Waals surface area contributed by atoms with Crippen LogP contribution in [-0.2, 0) is 0 Å². The molecule has 1 nitrogen and oxygen atoms in total. The lowest BCUT2D eigenvalue weighted by molar-refractivity contribution is 0.154. The van der Waals surface area contributed by atoms with Crippen molar-refractivity contribution in [1.29, 1.82) is 0 Å². The topological polar surface area (TPSA) is 20.2 Å². The second-order valence-corrected chi connectivity index (χ2v) is 6.83. The fraction of sp³-hybridized carbons (Fsp3) is 0.867. The number of rotatable bonds is 4. The van der Waals surface area contributed by atoms with E-state index in [1.54, 1.807) is 0 Å². The third kappa shape index (κ3) is 1.06. The van der Waals surface area contributed by atoms with Gasteiger partial charge in [-0.05, 0) is 61.2 Å². The first-order valence-electron chi connectivity index (χ1n) is 6.80. The van der Waals surface area contributed by atoms with Gasteiger partial charge in [0.1, 0.15) is 0 Å². The number of aliphatic hydroxyl groups excluding tert-OH is 1. The Kier molecular flexibility index (Phi) is 2.12. The first-order chi connectivity index (χ1) is 7.54. The zero-order chi connectivity index (χ0) is 11.6. The minimum Gasteiger partial charge on any atom is -0.392 e. The summed E-state index contributed by atoms with van der Waals surface area (Å²) in [6.45, 7) is 7.33. The molecule has 0 spiro atoms. The summed E-state index contributed by atoms with van der Waals surface area (Å²) in [7, 11) is 0. The van der Waals surface area contributed by atoms with Crippen LogP contribution >= 0.6 is 0 Å². The van der Waals surface area contributed by atoms with Crippen molar-refractivity contribution in [3.8, 4) is 0 Å². The van der Waals surface area contributed by atoms with Crippen LogP contribution in [0.3, 0.4) is 0 Å². The van der Waals surface area contributed by atoms with Crippen LogP contribution in [0.5, 0.6) is 0 Å². The molecule has 4 saturated carbocycles. The van der Waals surface area contributed by atoms with E-state index in [1.807, 2.05) is 6.92 Å². The molecule has 0 amide bonds. The maximum Gasteiger partial charge on any atom is 0.0639 e. The number of hydrogen-bond donors (Lipinski definition) is 1. The monoisotopic (exact) mass is 220 g/mol. The zero-order valence-corrected chi connectivity index (χ0v) is 10.8. The van der Waals surface area contributed by atoms with Crippen LogP contribution in [0.25, 0.3) is 0 Å². The molecule has 3 unspecified atom stereocenters. The summed E-state index contributed by atoms with van der Waals surface area (Å²) in [5.41, 5.74) is 2.43. The highest BCUT2D eigenvalue weighted by Crippen LogP contribution is 2.87. The molecule has 0 aromatic heterocycles. The van der Waals surface area contributed by atoms with Gasteiger partial charge in [0.05, 0.1) is 6.61 Å². The third-order valence-electron chi connectivity index (χ3n) is 6.53. The largest absolute Gasteiger partial charge is 0.392 e. The van der Waals surface area contributed by atoms with Crippen LogP contribution in [0, 0.1) is 28.6 Å². The van der Waals surface area contributed by atoms with Crippen molar-refractivity contribution in [2.75, 3.05) is 6.61 Å². The Hall–Kier alpha value is -0.300. The molecule has 0 heterocycles. The van der Waals surface area contributed by atoms with Gasteiger partial charge in [0.2, 0.25) is 0 Å². The third-order valence-corrected chi connectivity index (χ3v) is 6.53. The first kappa shape index (κ1) is 10.8. The Morgan fingerprint density at radius 1 is 1.31 bits per heavy atom. The second kappa shape index (κ2) is 3.13. The quantitative estimate of drug-likeness (QED) is 0.720. The van der Waals surface area contributed by atoms with Crippen LogP contribution in [0.2, 0.25) is 0 Å². The van der Waals surface area contributed by atoms with Crippen molar-refractivity contribution in [1.82, 2.24) is 0 Å². The Bertz CT molecular complexity index is 331. The van der Waals surface area contributed by atoms with Crippen molar-refractivity contribution in [2.24, 2.45) is 28.6 Å². The molecule has 4 aliphatic carbocycles. The number of aliphatic hydroxyl groups is 1. The van der Waals surface area contributed by atoms with E-state index in [4.69, 9.17) is 5.11 Å². The molecule has 0 aromatic rings. The maximum absolute atomic E-state index is 8.99. The molecule has 1 N–H and O–H groups in total. The Morgan fingerprint density at radius 2 is 1.94 bits per heavy atom. The maximum atomic E-state index is 8.99. The summed E-state index contributed by atoms with van der Waals surface area (Å²) in [6.07, 6.45) is 7.76. The molecule has 1 heteroatoms. The van der Waals surface area contributed by atoms with Gasteiger partial charge in [0.15, 0.2) is 0 Å². The molecular weight excluding hydrogens is 196 g/mol. The molecule has 16 heavy (non-hydrogen) atoms. The Morgan fingerprint density at radius 3 is 2.38 bits per heavy atom. The van der Waals surface area contributed by atoms with E-state index < -0.39 is 0 Å². The molecule has 0 aromatic carbocycles. The summed E-state index contributed by atoms with van der Waals surface area (Å²) in [6, 6.07) is 0. The van der Waals surface area contributed by atoms with Crippen LogP contribution in [0.4, 0.5) is 0 Å². The van der Waals surface area contributed by atoms with E-state index in [1.165, 1.54) is 19.3 Å². The van der Waals surface area contributed by atoms with Crippen molar-refractivity contribution >= 4 is 0 Å². The Labute approximate surface area is 98.9 Å². The first-order valence-corrected chi connectivity index (χ1v) is 6.80. The summed E-state index contributed by atoms with van der Waals surface area (Å²) < 4.78 is 0. The number of hydrogen-bond acceptors (Lipinski definition) is 1. The van der Waals surface area contributed by atoms with Crippen LogP contribution in [0.1, 0.15) is 46.5 Å². The standard InChI is InChI=1S/C15H24O/c1-10(9-16)5-4-6-14(2)11-7-12-13(8-11)15(12,14)3/h5,11-13,16H,4,6-9H2,1-3H3/b10-5-/t11?,12-,13?,14-,15?/m0/s1. The molecule has 4 aliphatic rings. The minimum atomic E-state index is 0.225. The molecule has 0 saturated heterocycles. The number of allylic oxidation sites excluding steroid dienone is 1. The predicted octanol–water partition coefficient (Wildman–Crippen LogP) is 3.39. The van der Waals surface area contributed by atoms with Gasteiger partial charge < -0.3 is 5.11 Å². The van der Waals surface area contributed by atoms with E-state index in [9.17, 15) is 0 Å². The van der Waals surface area contributed by atoms with Gasteiger partial charge in [-0.15, -0.1) is 0 Å². The highest BCUT2D eigenvalue weighted by molar-refractivity contribution is 5.29. The minimum absolute atomic E-state index is 0.225. The summed E-state index contributed by atoms with van der Waals surface area (Å²) >= 11 is 0. The highest BCUT2D eigenvalue weighted by Gasteiger charge is 2.80. The van der Waals surface area contributed by atoms with Gasteiger partial charge in [-0.1, -0.05) is 25.5 Å². The molecule has 0 aliphatic heterocycles. The van der Waals surface area contributed by atoms with Crippen molar-refractivity contribution < 1.29 is 5.11 Å². The summed E-state index contributed by atoms with van der Waals surface area (Å²) in [4.78, 5) is 0. The average Bonchev–Trinajstić information content (AvgIpc) is 2.62. The second-order valence-electron chi connectivity index (χ2n) is 6.83. The lowest BCUT2D eigenvalue weighted by Crippen LogP contribution is -2.26. The van der Waals surface area contributed by atoms with E-state index in [0.29, 0.717) is 10.8 Å². The lowest BCUT2D eigenvalue weighted by atomic mass is 9.71. The van der Waals surface area contributed by atoms with Gasteiger partial charge >= 0.3 is 0 Å². The molecule has 90 valence electrons. The predicted molar refractivity (Wildman–Crippen MR) is 66.0 cm³/mol. The molecule has 5 atom stereocenters. The molecule has 4 bridgehead atoms. The summed E-state index contributed by atoms with van der Waals surface area (Å²) in [5, 5.41) is 8.99. The molecule has 4 fully saturated rings. The van der Waals surface area contributed by atoms with Gasteiger partial charge in [0.25, 0.3) is 0 Å². The normalized spacial score (nSPS) is 53.5. The molecule has 0 radical (unpaired) electrons. The van der Waals surface area contributed by atoms with Gasteiger partial charge in [-0.25, -0.2) is 0 Å². The molecular formula is C15H24O. The van der Waals surface area contributed by atoms with Crippen molar-refractivity contribution in [3.05, 3.63) is 11.6 Å². The van der Waals surface area contributed by atoms with Crippen LogP contribution < -0.4 is 0 Å². The Balaban J connectivity index is 1.68. The van der Waals surface area contributed by atoms with E-state index >= 15 is 0 Å². The SMILES string of the molecule is C/C(=C/CC[C@@]1(C)C2CC3[C@H](C2)C31C)CO. The molecule has 4 rings (SSSR count). The highest BCUT2D eigenvalue weighted by atomic mass is 16.3. The van der Waals surface area contributed by atoms with Crippen LogP contribution in [-0.4, -0.2) is 11.7 Å². The van der Waals surface area contributed by atoms with Gasteiger partial charge in [0, 0.05) is 0 Å². The van der Waals surface area contributed by atoms with Gasteiger partial charge in [-0.2, -0.15) is 0 Å². The fourth-order valence-corrected chi connectivity index (χ4v) is 5.19. The van der Waals surface area contributed by atoms with Gasteiger partial charge in [-0.3, -0.25) is 0 Å². The van der Waals surface area contributed by atoms with E-state index in [0.717, 1.165) is 29.7 Å². The van der Waals surface area contributed by atoms with E-state index in [-0.39, 0.29) is 6.61 Å². The van der Waals surface area contributed by atoms with E-state index in [2.05, 4.69) is 19.9 Å². The average molecular weight is 220 g/mol. The lowest BCUT2D eigenvalue weighted by Gasteiger charge is -2.34. The van der Waals surface area contributed by atoms with Crippen molar-refractivity contribution in [2.45, 2.75) is 46.5 Å². The zero-order valence-electron chi connectivity index (χ0n) is 10.8. The summed E-state index contributed by atoms with van der Waals surface area (Å²) in [5.74, 6) is 3.16. The fourth-order valence-electron chi connectivity index (χ4n) is 5.19.